The zero-order chi connectivity index (χ0) is 18.1. The highest BCUT2D eigenvalue weighted by atomic mass is 32.1. The number of aromatic amines is 1. The summed E-state index contributed by atoms with van der Waals surface area (Å²) in [6, 6.07) is 5.80. The molecular weight excluding hydrogens is 344 g/mol. The third kappa shape index (κ3) is 3.22. The summed E-state index contributed by atoms with van der Waals surface area (Å²) >= 11 is 1.46. The summed E-state index contributed by atoms with van der Waals surface area (Å²) in [7, 11) is 0. The van der Waals surface area contributed by atoms with Gasteiger partial charge in [-0.1, -0.05) is 25.1 Å². The molecule has 0 amide bonds. The summed E-state index contributed by atoms with van der Waals surface area (Å²) in [4.78, 5) is 17.7. The molecule has 0 bridgehead atoms. The molecule has 1 saturated heterocycles. The number of benzene rings is 1. The van der Waals surface area contributed by atoms with Gasteiger partial charge < -0.3 is 10.1 Å². The van der Waals surface area contributed by atoms with Gasteiger partial charge in [-0.25, -0.2) is 0 Å². The Kier molecular flexibility index (Phi) is 4.94. The van der Waals surface area contributed by atoms with Gasteiger partial charge in [0.15, 0.2) is 0 Å². The molecule has 5 heteroatoms. The van der Waals surface area contributed by atoms with Crippen LogP contribution in [0.25, 0.3) is 27.1 Å². The maximum Gasteiger partial charge on any atom is 0.266 e. The standard InChI is InChI=1S/C21H24N2O2S/c1-14-4-2-9-23(12-14)10-3-5-16-15(13-24)6-7-18-19(16)17-8-11-26-20(17)21(25)22-18/h3,5-8,11,14,24H,2,4,9-10,12-13H2,1H3,(H,22,25)/b5-3+. The second-order valence-electron chi connectivity index (χ2n) is 7.25. The van der Waals surface area contributed by atoms with E-state index in [1.807, 2.05) is 23.6 Å². The first-order valence-corrected chi connectivity index (χ1v) is 10.1. The van der Waals surface area contributed by atoms with E-state index >= 15 is 0 Å². The number of H-pyrrole nitrogens is 1. The Morgan fingerprint density at radius 1 is 1.38 bits per heavy atom. The number of hydrogen-bond donors (Lipinski definition) is 2. The smallest absolute Gasteiger partial charge is 0.266 e. The van der Waals surface area contributed by atoms with Crippen LogP contribution in [0.3, 0.4) is 0 Å². The predicted octanol–water partition coefficient (Wildman–Crippen LogP) is 3.98. The van der Waals surface area contributed by atoms with Crippen LogP contribution >= 0.6 is 11.3 Å². The molecule has 4 nitrogen and oxygen atoms in total. The first kappa shape index (κ1) is 17.5. The van der Waals surface area contributed by atoms with E-state index < -0.39 is 0 Å². The minimum atomic E-state index is -0.0449. The van der Waals surface area contributed by atoms with Gasteiger partial charge >= 0.3 is 0 Å². The van der Waals surface area contributed by atoms with E-state index in [2.05, 4.69) is 29.0 Å². The van der Waals surface area contributed by atoms with Gasteiger partial charge in [0.25, 0.3) is 5.56 Å². The van der Waals surface area contributed by atoms with Crippen molar-refractivity contribution in [1.82, 2.24) is 9.88 Å². The van der Waals surface area contributed by atoms with Gasteiger partial charge in [-0.3, -0.25) is 9.69 Å². The molecule has 3 heterocycles. The maximum absolute atomic E-state index is 12.3. The average Bonchev–Trinajstić information content (AvgIpc) is 3.12. The zero-order valence-electron chi connectivity index (χ0n) is 15.0. The number of piperidine rings is 1. The van der Waals surface area contributed by atoms with Crippen LogP contribution in [-0.4, -0.2) is 34.6 Å². The van der Waals surface area contributed by atoms with Gasteiger partial charge in [0, 0.05) is 29.4 Å². The SMILES string of the molecule is CC1CCCN(C/C=C/c2c(CO)ccc3[nH]c(=O)c4sccc4c23)C1. The highest BCUT2D eigenvalue weighted by Gasteiger charge is 2.15. The fourth-order valence-corrected chi connectivity index (χ4v) is 4.81. The molecule has 2 aromatic heterocycles. The number of aromatic nitrogens is 1. The van der Waals surface area contributed by atoms with Crippen molar-refractivity contribution in [3.05, 3.63) is 51.1 Å². The van der Waals surface area contributed by atoms with Gasteiger partial charge in [0.1, 0.15) is 4.70 Å². The largest absolute Gasteiger partial charge is 0.392 e. The number of thiophene rings is 1. The quantitative estimate of drug-likeness (QED) is 0.732. The van der Waals surface area contributed by atoms with Gasteiger partial charge in [-0.05, 0) is 53.9 Å². The third-order valence-electron chi connectivity index (χ3n) is 5.28. The van der Waals surface area contributed by atoms with Gasteiger partial charge in [0.2, 0.25) is 0 Å². The number of rotatable bonds is 4. The number of aliphatic hydroxyl groups excluding tert-OH is 1. The average molecular weight is 369 g/mol. The number of nitrogens with one attached hydrogen (secondary N) is 1. The molecule has 1 aromatic carbocycles. The zero-order valence-corrected chi connectivity index (χ0v) is 15.8. The van der Waals surface area contributed by atoms with E-state index in [1.54, 1.807) is 0 Å². The summed E-state index contributed by atoms with van der Waals surface area (Å²) < 4.78 is 0.743. The Balaban J connectivity index is 1.76. The van der Waals surface area contributed by atoms with Crippen molar-refractivity contribution < 1.29 is 5.11 Å². The van der Waals surface area contributed by atoms with E-state index in [9.17, 15) is 9.90 Å². The Morgan fingerprint density at radius 2 is 2.27 bits per heavy atom. The maximum atomic E-state index is 12.3. The molecule has 0 radical (unpaired) electrons. The van der Waals surface area contributed by atoms with Crippen molar-refractivity contribution in [1.29, 1.82) is 0 Å². The van der Waals surface area contributed by atoms with Crippen LogP contribution in [0.5, 0.6) is 0 Å². The summed E-state index contributed by atoms with van der Waals surface area (Å²) in [5, 5.41) is 13.8. The fraction of sp³-hybridized carbons (Fsp3) is 0.381. The Labute approximate surface area is 156 Å². The topological polar surface area (TPSA) is 56.3 Å². The van der Waals surface area contributed by atoms with Crippen LogP contribution in [-0.2, 0) is 6.61 Å². The third-order valence-corrected chi connectivity index (χ3v) is 6.20. The first-order valence-electron chi connectivity index (χ1n) is 9.22. The van der Waals surface area contributed by atoms with Crippen molar-refractivity contribution in [3.8, 4) is 0 Å². The minimum absolute atomic E-state index is 0.0128. The molecule has 0 spiro atoms. The molecule has 0 saturated carbocycles. The van der Waals surface area contributed by atoms with Crippen molar-refractivity contribution >= 4 is 38.4 Å². The van der Waals surface area contributed by atoms with Gasteiger partial charge in [0.05, 0.1) is 6.61 Å². The lowest BCUT2D eigenvalue weighted by Crippen LogP contribution is -2.34. The van der Waals surface area contributed by atoms with Crippen LogP contribution in [0.2, 0.25) is 0 Å². The number of hydrogen-bond acceptors (Lipinski definition) is 4. The lowest BCUT2D eigenvalue weighted by atomic mass is 9.98. The molecule has 1 unspecified atom stereocenters. The van der Waals surface area contributed by atoms with Crippen molar-refractivity contribution in [2.45, 2.75) is 26.4 Å². The summed E-state index contributed by atoms with van der Waals surface area (Å²) in [6.07, 6.45) is 6.89. The second-order valence-corrected chi connectivity index (χ2v) is 8.16. The van der Waals surface area contributed by atoms with E-state index in [0.717, 1.165) is 57.7 Å². The number of fused-ring (bicyclic) bond motifs is 3. The number of aliphatic hydroxyl groups is 1. The van der Waals surface area contributed by atoms with Crippen LogP contribution in [0.4, 0.5) is 0 Å². The molecule has 1 fully saturated rings. The summed E-state index contributed by atoms with van der Waals surface area (Å²) in [5.41, 5.74) is 2.68. The fourth-order valence-electron chi connectivity index (χ4n) is 4.02. The van der Waals surface area contributed by atoms with Gasteiger partial charge in [-0.15, -0.1) is 11.3 Å². The molecular formula is C21H24N2O2S. The molecule has 1 aliphatic heterocycles. The second kappa shape index (κ2) is 7.35. The summed E-state index contributed by atoms with van der Waals surface area (Å²) in [5.74, 6) is 0.762. The van der Waals surface area contributed by atoms with Crippen LogP contribution < -0.4 is 5.56 Å². The van der Waals surface area contributed by atoms with Gasteiger partial charge in [-0.2, -0.15) is 0 Å². The molecule has 0 aliphatic carbocycles. The van der Waals surface area contributed by atoms with E-state index in [4.69, 9.17) is 0 Å². The van der Waals surface area contributed by atoms with Crippen LogP contribution in [0.1, 0.15) is 30.9 Å². The number of likely N-dealkylation sites (tertiary alicyclic amines) is 1. The predicted molar refractivity (Wildman–Crippen MR) is 110 cm³/mol. The Morgan fingerprint density at radius 3 is 3.08 bits per heavy atom. The van der Waals surface area contributed by atoms with Crippen molar-refractivity contribution in [3.63, 3.8) is 0 Å². The lowest BCUT2D eigenvalue weighted by Gasteiger charge is -2.29. The highest BCUT2D eigenvalue weighted by molar-refractivity contribution is 7.17. The molecule has 26 heavy (non-hydrogen) atoms. The number of nitrogens with zero attached hydrogens (tertiary/aromatic N) is 1. The highest BCUT2D eigenvalue weighted by Crippen LogP contribution is 2.31. The number of pyridine rings is 1. The van der Waals surface area contributed by atoms with Crippen molar-refractivity contribution in [2.24, 2.45) is 5.92 Å². The molecule has 3 aromatic rings. The molecule has 4 rings (SSSR count). The lowest BCUT2D eigenvalue weighted by molar-refractivity contribution is 0.202. The normalized spacial score (nSPS) is 19.1. The van der Waals surface area contributed by atoms with E-state index in [1.165, 1.54) is 24.2 Å². The van der Waals surface area contributed by atoms with Crippen molar-refractivity contribution in [2.75, 3.05) is 19.6 Å². The minimum Gasteiger partial charge on any atom is -0.392 e. The summed E-state index contributed by atoms with van der Waals surface area (Å²) in [6.45, 7) is 5.52. The monoisotopic (exact) mass is 368 g/mol. The Bertz CT molecular complexity index is 1020. The van der Waals surface area contributed by atoms with Crippen LogP contribution in [0, 0.1) is 5.92 Å². The Hall–Kier alpha value is -1.95. The molecule has 1 aliphatic rings. The molecule has 136 valence electrons. The molecule has 2 N–H and O–H groups in total. The molecule has 1 atom stereocenters. The van der Waals surface area contributed by atoms with E-state index in [-0.39, 0.29) is 12.2 Å². The van der Waals surface area contributed by atoms with Crippen LogP contribution in [0.15, 0.2) is 34.4 Å². The van der Waals surface area contributed by atoms with E-state index in [0.29, 0.717) is 0 Å². The first-order chi connectivity index (χ1) is 12.7.